The Morgan fingerprint density at radius 3 is 2.38 bits per heavy atom. The van der Waals surface area contributed by atoms with Crippen LogP contribution in [-0.2, 0) is 11.3 Å². The van der Waals surface area contributed by atoms with E-state index in [2.05, 4.69) is 0 Å². The molecule has 0 heterocycles. The molecule has 2 atom stereocenters. The van der Waals surface area contributed by atoms with Crippen LogP contribution in [0.15, 0.2) is 30.3 Å². The van der Waals surface area contributed by atoms with Gasteiger partial charge in [-0.15, -0.1) is 0 Å². The van der Waals surface area contributed by atoms with Crippen LogP contribution in [0, 0.1) is 0 Å². The highest BCUT2D eigenvalue weighted by molar-refractivity contribution is 5.13. The average Bonchev–Trinajstić information content (AvgIpc) is 2.30. The molecule has 0 saturated heterocycles. The summed E-state index contributed by atoms with van der Waals surface area (Å²) in [4.78, 5) is 0. The van der Waals surface area contributed by atoms with Crippen molar-refractivity contribution in [3.05, 3.63) is 35.9 Å². The van der Waals surface area contributed by atoms with Gasteiger partial charge in [0.05, 0.1) is 32.0 Å². The van der Waals surface area contributed by atoms with E-state index in [1.54, 1.807) is 0 Å². The highest BCUT2D eigenvalue weighted by atomic mass is 16.5. The molecule has 0 amide bonds. The van der Waals surface area contributed by atoms with E-state index in [9.17, 15) is 5.11 Å². The fraction of sp³-hybridized carbons (Fsp3) is 0.500. The highest BCUT2D eigenvalue weighted by Crippen LogP contribution is 2.03. The number of hydrogen-bond donors (Lipinski definition) is 3. The molecule has 0 aromatic heterocycles. The zero-order valence-electron chi connectivity index (χ0n) is 9.12. The first-order chi connectivity index (χ1) is 7.72. The minimum absolute atomic E-state index is 0.130. The molecule has 0 aliphatic carbocycles. The molecule has 0 aliphatic heterocycles. The second-order valence-corrected chi connectivity index (χ2v) is 3.73. The van der Waals surface area contributed by atoms with Crippen LogP contribution in [0.3, 0.4) is 0 Å². The third-order valence-electron chi connectivity index (χ3n) is 2.18. The Morgan fingerprint density at radius 2 is 1.75 bits per heavy atom. The second-order valence-electron chi connectivity index (χ2n) is 3.73. The Kier molecular flexibility index (Phi) is 6.03. The van der Waals surface area contributed by atoms with E-state index in [1.807, 2.05) is 30.3 Å². The Balaban J connectivity index is 2.15. The number of rotatable bonds is 7. The van der Waals surface area contributed by atoms with Gasteiger partial charge in [0, 0.05) is 6.42 Å². The van der Waals surface area contributed by atoms with Crippen LogP contribution in [0.2, 0.25) is 0 Å². The molecule has 4 nitrogen and oxygen atoms in total. The summed E-state index contributed by atoms with van der Waals surface area (Å²) >= 11 is 0. The molecule has 90 valence electrons. The predicted octanol–water partition coefficient (Wildman–Crippen LogP) is 0.307. The number of ether oxygens (including phenoxy) is 1. The first-order valence-electron chi connectivity index (χ1n) is 5.31. The molecule has 3 N–H and O–H groups in total. The maximum absolute atomic E-state index is 9.43. The molecule has 0 saturated carbocycles. The molecule has 0 aliphatic rings. The van der Waals surface area contributed by atoms with E-state index >= 15 is 0 Å². The Bertz CT molecular complexity index is 276. The van der Waals surface area contributed by atoms with Crippen molar-refractivity contribution < 1.29 is 20.1 Å². The third kappa shape index (κ3) is 5.23. The SMILES string of the molecule is OC[C@H](O)C[C@H](O)COCc1ccccc1. The topological polar surface area (TPSA) is 69.9 Å². The lowest BCUT2D eigenvalue weighted by atomic mass is 10.2. The third-order valence-corrected chi connectivity index (χ3v) is 2.18. The van der Waals surface area contributed by atoms with Crippen molar-refractivity contribution in [1.29, 1.82) is 0 Å². The summed E-state index contributed by atoms with van der Waals surface area (Å²) in [5.41, 5.74) is 1.04. The van der Waals surface area contributed by atoms with Gasteiger partial charge in [-0.3, -0.25) is 0 Å². The highest BCUT2D eigenvalue weighted by Gasteiger charge is 2.10. The van der Waals surface area contributed by atoms with Gasteiger partial charge in [-0.1, -0.05) is 30.3 Å². The van der Waals surface area contributed by atoms with Crippen molar-refractivity contribution in [3.8, 4) is 0 Å². The zero-order chi connectivity index (χ0) is 11.8. The largest absolute Gasteiger partial charge is 0.394 e. The van der Waals surface area contributed by atoms with E-state index in [-0.39, 0.29) is 19.6 Å². The van der Waals surface area contributed by atoms with Gasteiger partial charge in [-0.05, 0) is 5.56 Å². The maximum Gasteiger partial charge on any atom is 0.0799 e. The molecule has 0 radical (unpaired) electrons. The van der Waals surface area contributed by atoms with E-state index in [4.69, 9.17) is 14.9 Å². The summed E-state index contributed by atoms with van der Waals surface area (Å²) < 4.78 is 5.28. The molecular weight excluding hydrogens is 208 g/mol. The smallest absolute Gasteiger partial charge is 0.0799 e. The zero-order valence-corrected chi connectivity index (χ0v) is 9.12. The molecule has 0 bridgehead atoms. The molecule has 4 heteroatoms. The van der Waals surface area contributed by atoms with Crippen LogP contribution >= 0.6 is 0 Å². The first kappa shape index (κ1) is 13.1. The van der Waals surface area contributed by atoms with E-state index in [0.29, 0.717) is 6.61 Å². The van der Waals surface area contributed by atoms with Crippen LogP contribution in [0.25, 0.3) is 0 Å². The van der Waals surface area contributed by atoms with E-state index in [0.717, 1.165) is 5.56 Å². The molecular formula is C12H18O4. The Labute approximate surface area is 95.1 Å². The lowest BCUT2D eigenvalue weighted by Crippen LogP contribution is -2.24. The van der Waals surface area contributed by atoms with Gasteiger partial charge in [0.25, 0.3) is 0 Å². The minimum Gasteiger partial charge on any atom is -0.394 e. The molecule has 16 heavy (non-hydrogen) atoms. The van der Waals surface area contributed by atoms with Crippen molar-refractivity contribution in [2.75, 3.05) is 13.2 Å². The van der Waals surface area contributed by atoms with Crippen molar-refractivity contribution in [3.63, 3.8) is 0 Å². The molecule has 1 rings (SSSR count). The standard InChI is InChI=1S/C12H18O4/c13-7-11(14)6-12(15)9-16-8-10-4-2-1-3-5-10/h1-5,11-15H,6-9H2/t11-,12+/m1/s1. The molecule has 0 fully saturated rings. The summed E-state index contributed by atoms with van der Waals surface area (Å²) in [5.74, 6) is 0. The number of hydrogen-bond acceptors (Lipinski definition) is 4. The fourth-order valence-electron chi connectivity index (χ4n) is 1.34. The second kappa shape index (κ2) is 7.35. The van der Waals surface area contributed by atoms with Gasteiger partial charge >= 0.3 is 0 Å². The predicted molar refractivity (Wildman–Crippen MR) is 59.8 cm³/mol. The quantitative estimate of drug-likeness (QED) is 0.625. The van der Waals surface area contributed by atoms with Crippen LogP contribution in [-0.4, -0.2) is 40.7 Å². The monoisotopic (exact) mass is 226 g/mol. The van der Waals surface area contributed by atoms with Crippen molar-refractivity contribution in [2.45, 2.75) is 25.2 Å². The summed E-state index contributed by atoms with van der Waals surface area (Å²) in [6, 6.07) is 9.65. The van der Waals surface area contributed by atoms with Gasteiger partial charge < -0.3 is 20.1 Å². The van der Waals surface area contributed by atoms with Crippen LogP contribution in [0.4, 0.5) is 0 Å². The number of benzene rings is 1. The van der Waals surface area contributed by atoms with Crippen LogP contribution in [0.5, 0.6) is 0 Å². The molecule has 1 aromatic rings. The lowest BCUT2D eigenvalue weighted by molar-refractivity contribution is -0.0106. The van der Waals surface area contributed by atoms with Crippen LogP contribution in [0.1, 0.15) is 12.0 Å². The summed E-state index contributed by atoms with van der Waals surface area (Å²) in [6.07, 6.45) is -1.49. The Morgan fingerprint density at radius 1 is 1.06 bits per heavy atom. The summed E-state index contributed by atoms with van der Waals surface area (Å²) in [6.45, 7) is 0.259. The molecule has 0 spiro atoms. The van der Waals surface area contributed by atoms with Gasteiger partial charge in [0.15, 0.2) is 0 Å². The van der Waals surface area contributed by atoms with E-state index in [1.165, 1.54) is 0 Å². The first-order valence-corrected chi connectivity index (χ1v) is 5.31. The van der Waals surface area contributed by atoms with E-state index < -0.39 is 12.2 Å². The maximum atomic E-state index is 9.43. The lowest BCUT2D eigenvalue weighted by Gasteiger charge is -2.14. The van der Waals surface area contributed by atoms with Gasteiger partial charge in [0.1, 0.15) is 0 Å². The number of aliphatic hydroxyl groups is 3. The molecule has 1 aromatic carbocycles. The Hall–Kier alpha value is -0.940. The summed E-state index contributed by atoms with van der Waals surface area (Å²) in [5, 5.41) is 27.1. The molecule has 0 unspecified atom stereocenters. The van der Waals surface area contributed by atoms with Crippen LogP contribution < -0.4 is 0 Å². The van der Waals surface area contributed by atoms with Crippen molar-refractivity contribution >= 4 is 0 Å². The van der Waals surface area contributed by atoms with Crippen molar-refractivity contribution in [1.82, 2.24) is 0 Å². The summed E-state index contributed by atoms with van der Waals surface area (Å²) in [7, 11) is 0. The normalized spacial score (nSPS) is 14.7. The van der Waals surface area contributed by atoms with Gasteiger partial charge in [-0.2, -0.15) is 0 Å². The van der Waals surface area contributed by atoms with Crippen molar-refractivity contribution in [2.24, 2.45) is 0 Å². The average molecular weight is 226 g/mol. The van der Waals surface area contributed by atoms with Gasteiger partial charge in [0.2, 0.25) is 0 Å². The van der Waals surface area contributed by atoms with Gasteiger partial charge in [-0.25, -0.2) is 0 Å². The minimum atomic E-state index is -0.879. The fourth-order valence-corrected chi connectivity index (χ4v) is 1.34. The number of aliphatic hydroxyl groups excluding tert-OH is 3.